The Bertz CT molecular complexity index is 514. The summed E-state index contributed by atoms with van der Waals surface area (Å²) < 4.78 is 37.2. The van der Waals surface area contributed by atoms with Gasteiger partial charge in [0.25, 0.3) is 6.54 Å². The summed E-state index contributed by atoms with van der Waals surface area (Å²) in [6.07, 6.45) is -3.30. The minimum atomic E-state index is -4.45. The molecule has 0 aliphatic carbocycles. The molecule has 2 rings (SSSR count). The number of nitro groups is 1. The minimum absolute atomic E-state index is 0.167. The van der Waals surface area contributed by atoms with Crippen LogP contribution in [0.4, 0.5) is 13.2 Å². The van der Waals surface area contributed by atoms with Crippen LogP contribution in [0, 0.1) is 10.1 Å². The zero-order chi connectivity index (χ0) is 14.0. The maximum atomic E-state index is 12.4. The lowest BCUT2D eigenvalue weighted by atomic mass is 10.4. The zero-order valence-corrected chi connectivity index (χ0v) is 10.4. The summed E-state index contributed by atoms with van der Waals surface area (Å²) in [5.74, 6) is 0.298. The van der Waals surface area contributed by atoms with Gasteiger partial charge in [-0.3, -0.25) is 15.1 Å². The molecule has 2 heterocycles. The summed E-state index contributed by atoms with van der Waals surface area (Å²) in [5, 5.41) is 9.52. The molecule has 0 fully saturated rings. The second kappa shape index (κ2) is 5.11. The Hall–Kier alpha value is -1.71. The zero-order valence-electron chi connectivity index (χ0n) is 9.55. The molecule has 6 nitrogen and oxygen atoms in total. The van der Waals surface area contributed by atoms with Crippen LogP contribution in [-0.2, 0) is 12.7 Å². The van der Waals surface area contributed by atoms with Gasteiger partial charge in [0.2, 0.25) is 0 Å². The second-order valence-electron chi connectivity index (χ2n) is 3.84. The number of alkyl halides is 3. The third-order valence-electron chi connectivity index (χ3n) is 2.44. The van der Waals surface area contributed by atoms with Crippen LogP contribution >= 0.6 is 11.3 Å². The Kier molecular flexibility index (Phi) is 3.69. The Morgan fingerprint density at radius 3 is 2.84 bits per heavy atom. The van der Waals surface area contributed by atoms with Gasteiger partial charge in [0.1, 0.15) is 0 Å². The quantitative estimate of drug-likeness (QED) is 0.625. The van der Waals surface area contributed by atoms with Gasteiger partial charge in [-0.25, -0.2) is 4.98 Å². The molecule has 1 aliphatic rings. The fraction of sp³-hybridized carbons (Fsp3) is 0.556. The molecule has 1 aromatic heterocycles. The molecule has 0 bridgehead atoms. The summed E-state index contributed by atoms with van der Waals surface area (Å²) in [4.78, 5) is 19.2. The lowest BCUT2D eigenvalue weighted by molar-refractivity contribution is -0.464. The van der Waals surface area contributed by atoms with Crippen LogP contribution in [-0.4, -0.2) is 40.3 Å². The number of amidine groups is 1. The van der Waals surface area contributed by atoms with Gasteiger partial charge in [-0.1, -0.05) is 0 Å². The molecule has 0 aromatic carbocycles. The van der Waals surface area contributed by atoms with Gasteiger partial charge < -0.3 is 4.90 Å². The van der Waals surface area contributed by atoms with Crippen LogP contribution in [0.25, 0.3) is 0 Å². The van der Waals surface area contributed by atoms with Crippen LogP contribution < -0.4 is 0 Å². The highest BCUT2D eigenvalue weighted by Gasteiger charge is 2.35. The van der Waals surface area contributed by atoms with Crippen molar-refractivity contribution in [3.8, 4) is 0 Å². The average molecular weight is 294 g/mol. The standard InChI is InChI=1S/C9H9F3N4O2S/c10-9(11,12)8-14-3-6(19-8)4-15-2-1-13-7(15)5-16(17)18/h3H,1-2,4-5H2. The Balaban J connectivity index is 2.03. The smallest absolute Gasteiger partial charge is 0.348 e. The first-order valence-electron chi connectivity index (χ1n) is 5.28. The van der Waals surface area contributed by atoms with Gasteiger partial charge in [-0.15, -0.1) is 11.3 Å². The van der Waals surface area contributed by atoms with Crippen LogP contribution in [0.3, 0.4) is 0 Å². The Morgan fingerprint density at radius 1 is 1.53 bits per heavy atom. The van der Waals surface area contributed by atoms with Crippen molar-refractivity contribution >= 4 is 17.2 Å². The second-order valence-corrected chi connectivity index (χ2v) is 4.96. The molecule has 0 spiro atoms. The maximum absolute atomic E-state index is 12.4. The third-order valence-corrected chi connectivity index (χ3v) is 3.47. The van der Waals surface area contributed by atoms with E-state index in [0.717, 1.165) is 6.20 Å². The molecule has 0 atom stereocenters. The van der Waals surface area contributed by atoms with Crippen molar-refractivity contribution in [2.24, 2.45) is 4.99 Å². The van der Waals surface area contributed by atoms with E-state index >= 15 is 0 Å². The van der Waals surface area contributed by atoms with E-state index in [1.807, 2.05) is 0 Å². The predicted octanol–water partition coefficient (Wildman–Crippen LogP) is 1.65. The normalized spacial score (nSPS) is 15.7. The molecule has 0 radical (unpaired) electrons. The van der Waals surface area contributed by atoms with Crippen molar-refractivity contribution in [2.75, 3.05) is 19.6 Å². The predicted molar refractivity (Wildman–Crippen MR) is 61.7 cm³/mol. The molecular formula is C9H9F3N4O2S. The molecule has 1 aliphatic heterocycles. The van der Waals surface area contributed by atoms with E-state index in [2.05, 4.69) is 9.98 Å². The highest BCUT2D eigenvalue weighted by molar-refractivity contribution is 7.11. The molecule has 0 unspecified atom stereocenters. The number of thiazole rings is 1. The van der Waals surface area contributed by atoms with E-state index in [4.69, 9.17) is 0 Å². The van der Waals surface area contributed by atoms with E-state index in [-0.39, 0.29) is 6.54 Å². The topological polar surface area (TPSA) is 71.6 Å². The molecular weight excluding hydrogens is 285 g/mol. The van der Waals surface area contributed by atoms with E-state index < -0.39 is 22.7 Å². The van der Waals surface area contributed by atoms with Crippen molar-refractivity contribution in [3.05, 3.63) is 26.2 Å². The minimum Gasteiger partial charge on any atom is -0.348 e. The third kappa shape index (κ3) is 3.40. The highest BCUT2D eigenvalue weighted by Crippen LogP contribution is 2.32. The SMILES string of the molecule is O=[N+]([O-])CC1=NCCN1Cc1cnc(C(F)(F)F)s1. The maximum Gasteiger partial charge on any atom is 0.443 e. The van der Waals surface area contributed by atoms with Crippen molar-refractivity contribution in [3.63, 3.8) is 0 Å². The largest absolute Gasteiger partial charge is 0.443 e. The molecule has 10 heteroatoms. The van der Waals surface area contributed by atoms with E-state index in [9.17, 15) is 23.3 Å². The van der Waals surface area contributed by atoms with Crippen LogP contribution in [0.5, 0.6) is 0 Å². The summed E-state index contributed by atoms with van der Waals surface area (Å²) in [5.41, 5.74) is 0. The van der Waals surface area contributed by atoms with Crippen molar-refractivity contribution in [1.82, 2.24) is 9.88 Å². The highest BCUT2D eigenvalue weighted by atomic mass is 32.1. The number of hydrogen-bond acceptors (Lipinski definition) is 6. The molecule has 19 heavy (non-hydrogen) atoms. The van der Waals surface area contributed by atoms with Crippen LogP contribution in [0.1, 0.15) is 9.88 Å². The number of aromatic nitrogens is 1. The number of aliphatic imine (C=N–C) groups is 1. The van der Waals surface area contributed by atoms with Gasteiger partial charge in [0, 0.05) is 22.5 Å². The van der Waals surface area contributed by atoms with Gasteiger partial charge >= 0.3 is 6.18 Å². The summed E-state index contributed by atoms with van der Waals surface area (Å²) >= 11 is 0.545. The molecule has 1 aromatic rings. The lowest BCUT2D eigenvalue weighted by Crippen LogP contribution is -2.31. The molecule has 0 saturated heterocycles. The fourth-order valence-electron chi connectivity index (χ4n) is 1.66. The molecule has 104 valence electrons. The van der Waals surface area contributed by atoms with E-state index in [1.54, 1.807) is 4.90 Å². The van der Waals surface area contributed by atoms with Crippen molar-refractivity contribution in [2.45, 2.75) is 12.7 Å². The van der Waals surface area contributed by atoms with Crippen LogP contribution in [0.15, 0.2) is 11.2 Å². The first-order chi connectivity index (χ1) is 8.86. The molecule has 0 N–H and O–H groups in total. The van der Waals surface area contributed by atoms with Gasteiger partial charge in [-0.05, 0) is 0 Å². The monoisotopic (exact) mass is 294 g/mol. The lowest BCUT2D eigenvalue weighted by Gasteiger charge is -2.16. The Labute approximate surface area is 109 Å². The number of rotatable bonds is 4. The van der Waals surface area contributed by atoms with Gasteiger partial charge in [0.15, 0.2) is 10.8 Å². The van der Waals surface area contributed by atoms with E-state index in [0.29, 0.717) is 35.1 Å². The van der Waals surface area contributed by atoms with Crippen molar-refractivity contribution < 1.29 is 18.1 Å². The number of nitrogens with zero attached hydrogens (tertiary/aromatic N) is 4. The number of hydrogen-bond donors (Lipinski definition) is 0. The van der Waals surface area contributed by atoms with Crippen molar-refractivity contribution in [1.29, 1.82) is 0 Å². The first kappa shape index (κ1) is 13.7. The van der Waals surface area contributed by atoms with Crippen LogP contribution in [0.2, 0.25) is 0 Å². The average Bonchev–Trinajstić information content (AvgIpc) is 2.88. The first-order valence-corrected chi connectivity index (χ1v) is 6.10. The fourth-order valence-corrected chi connectivity index (χ4v) is 2.46. The summed E-state index contributed by atoms with van der Waals surface area (Å²) in [7, 11) is 0. The summed E-state index contributed by atoms with van der Waals surface area (Å²) in [6, 6.07) is 0. The molecule has 0 saturated carbocycles. The van der Waals surface area contributed by atoms with E-state index in [1.165, 1.54) is 0 Å². The number of halogens is 3. The van der Waals surface area contributed by atoms with Gasteiger partial charge in [0.05, 0.1) is 13.1 Å². The summed E-state index contributed by atoms with van der Waals surface area (Å²) in [6.45, 7) is 0.655. The molecule has 0 amide bonds. The van der Waals surface area contributed by atoms with Gasteiger partial charge in [-0.2, -0.15) is 13.2 Å². The Morgan fingerprint density at radius 2 is 2.26 bits per heavy atom.